The molecule has 0 aliphatic carbocycles. The minimum atomic E-state index is -2.52. The molecule has 0 radical (unpaired) electrons. The molecule has 0 unspecified atom stereocenters. The number of nitrogens with one attached hydrogen (secondary N) is 1. The third-order valence-electron chi connectivity index (χ3n) is 3.49. The van der Waals surface area contributed by atoms with Gasteiger partial charge in [-0.15, -0.1) is 5.10 Å². The number of alkyl halides is 2. The van der Waals surface area contributed by atoms with Crippen LogP contribution in [0.2, 0.25) is 0 Å². The summed E-state index contributed by atoms with van der Waals surface area (Å²) in [5, 5.41) is 20.2. The van der Waals surface area contributed by atoms with E-state index in [0.717, 1.165) is 5.69 Å². The molecule has 2 aromatic carbocycles. The Labute approximate surface area is 163 Å². The molecule has 0 saturated heterocycles. The SMILES string of the molecule is N#C/C(=C\c1cnn(-c2ccccc2)n1)C(=O)Nc1ccc(SC(F)F)cc1. The zero-order chi connectivity index (χ0) is 19.9. The lowest BCUT2D eigenvalue weighted by Crippen LogP contribution is -2.13. The number of hydrogen-bond acceptors (Lipinski definition) is 5. The lowest BCUT2D eigenvalue weighted by molar-refractivity contribution is -0.112. The fourth-order valence-corrected chi connectivity index (χ4v) is 2.74. The summed E-state index contributed by atoms with van der Waals surface area (Å²) in [5.74, 6) is -3.15. The van der Waals surface area contributed by atoms with Crippen LogP contribution in [0.4, 0.5) is 14.5 Å². The smallest absolute Gasteiger partial charge is 0.288 e. The number of para-hydroxylation sites is 1. The zero-order valence-electron chi connectivity index (χ0n) is 14.3. The third kappa shape index (κ3) is 5.02. The van der Waals surface area contributed by atoms with Gasteiger partial charge in [0.1, 0.15) is 17.3 Å². The van der Waals surface area contributed by atoms with Gasteiger partial charge in [-0.05, 0) is 42.5 Å². The van der Waals surface area contributed by atoms with Gasteiger partial charge < -0.3 is 5.32 Å². The number of anilines is 1. The van der Waals surface area contributed by atoms with Crippen LogP contribution in [0.3, 0.4) is 0 Å². The Balaban J connectivity index is 1.71. The van der Waals surface area contributed by atoms with Gasteiger partial charge in [0.2, 0.25) is 0 Å². The van der Waals surface area contributed by atoms with E-state index >= 15 is 0 Å². The third-order valence-corrected chi connectivity index (χ3v) is 4.21. The normalized spacial score (nSPS) is 11.3. The number of rotatable bonds is 6. The van der Waals surface area contributed by atoms with Crippen LogP contribution in [-0.4, -0.2) is 26.7 Å². The Morgan fingerprint density at radius 3 is 2.54 bits per heavy atom. The summed E-state index contributed by atoms with van der Waals surface area (Å²) in [6.07, 6.45) is 2.76. The Bertz CT molecular complexity index is 1030. The summed E-state index contributed by atoms with van der Waals surface area (Å²) >= 11 is 0.412. The van der Waals surface area contributed by atoms with Gasteiger partial charge in [0.05, 0.1) is 11.9 Å². The fraction of sp³-hybridized carbons (Fsp3) is 0.0526. The second-order valence-electron chi connectivity index (χ2n) is 5.42. The number of carbonyl (C=O) groups is 1. The summed E-state index contributed by atoms with van der Waals surface area (Å²) in [6.45, 7) is 0. The average Bonchev–Trinajstić information content (AvgIpc) is 3.16. The first kappa shape index (κ1) is 19.3. The Morgan fingerprint density at radius 1 is 1.18 bits per heavy atom. The van der Waals surface area contributed by atoms with Crippen LogP contribution in [-0.2, 0) is 4.79 Å². The van der Waals surface area contributed by atoms with Crippen LogP contribution >= 0.6 is 11.8 Å². The molecular formula is C19H13F2N5OS. The number of thioether (sulfide) groups is 1. The quantitative estimate of drug-likeness (QED) is 0.384. The predicted octanol–water partition coefficient (Wildman–Crippen LogP) is 4.13. The standard InChI is InChI=1S/C19H13F2N5OS/c20-19(21)28-17-8-6-14(7-9-17)24-18(27)13(11-22)10-15-12-23-26(25-15)16-4-2-1-3-5-16/h1-10,12,19H,(H,24,27)/b13-10+. The maximum atomic E-state index is 12.3. The van der Waals surface area contributed by atoms with Crippen LogP contribution in [0.1, 0.15) is 5.69 Å². The Morgan fingerprint density at radius 2 is 1.89 bits per heavy atom. The summed E-state index contributed by atoms with van der Waals surface area (Å²) in [6, 6.07) is 16.9. The van der Waals surface area contributed by atoms with Crippen LogP contribution in [0.5, 0.6) is 0 Å². The summed E-state index contributed by atoms with van der Waals surface area (Å²) in [7, 11) is 0. The Kier molecular flexibility index (Phi) is 6.14. The van der Waals surface area contributed by atoms with Crippen molar-refractivity contribution in [3.63, 3.8) is 0 Å². The maximum absolute atomic E-state index is 12.3. The molecule has 9 heteroatoms. The molecule has 0 aliphatic heterocycles. The van der Waals surface area contributed by atoms with E-state index < -0.39 is 11.7 Å². The van der Waals surface area contributed by atoms with Crippen molar-refractivity contribution < 1.29 is 13.6 Å². The van der Waals surface area contributed by atoms with E-state index in [2.05, 4.69) is 15.5 Å². The van der Waals surface area contributed by atoms with Gasteiger partial charge >= 0.3 is 0 Å². The minimum Gasteiger partial charge on any atom is -0.321 e. The minimum absolute atomic E-state index is 0.161. The molecule has 1 N–H and O–H groups in total. The van der Waals surface area contributed by atoms with Gasteiger partial charge in [-0.1, -0.05) is 30.0 Å². The molecule has 1 amide bonds. The number of halogens is 2. The van der Waals surface area contributed by atoms with Crippen LogP contribution in [0.25, 0.3) is 11.8 Å². The van der Waals surface area contributed by atoms with E-state index in [0.29, 0.717) is 28.0 Å². The Hall–Kier alpha value is -3.51. The predicted molar refractivity (Wildman–Crippen MR) is 102 cm³/mol. The number of nitriles is 1. The van der Waals surface area contributed by atoms with Gasteiger partial charge in [0.15, 0.2) is 0 Å². The van der Waals surface area contributed by atoms with Crippen molar-refractivity contribution in [3.05, 3.63) is 72.1 Å². The van der Waals surface area contributed by atoms with E-state index in [1.807, 2.05) is 36.4 Å². The lowest BCUT2D eigenvalue weighted by atomic mass is 10.2. The van der Waals surface area contributed by atoms with Crippen molar-refractivity contribution in [1.29, 1.82) is 5.26 Å². The van der Waals surface area contributed by atoms with Gasteiger partial charge in [-0.3, -0.25) is 4.79 Å². The van der Waals surface area contributed by atoms with Crippen molar-refractivity contribution in [2.45, 2.75) is 10.7 Å². The molecule has 0 bridgehead atoms. The molecular weight excluding hydrogens is 384 g/mol. The molecule has 0 aliphatic rings. The molecule has 28 heavy (non-hydrogen) atoms. The highest BCUT2D eigenvalue weighted by Crippen LogP contribution is 2.26. The summed E-state index contributed by atoms with van der Waals surface area (Å²) in [4.78, 5) is 14.1. The zero-order valence-corrected chi connectivity index (χ0v) is 15.1. The molecule has 0 fully saturated rings. The van der Waals surface area contributed by atoms with Crippen molar-refractivity contribution in [2.24, 2.45) is 0 Å². The van der Waals surface area contributed by atoms with Crippen molar-refractivity contribution in [3.8, 4) is 11.8 Å². The number of benzene rings is 2. The van der Waals surface area contributed by atoms with E-state index in [4.69, 9.17) is 0 Å². The van der Waals surface area contributed by atoms with Crippen molar-refractivity contribution in [2.75, 3.05) is 5.32 Å². The highest BCUT2D eigenvalue weighted by Gasteiger charge is 2.12. The number of carbonyl (C=O) groups excluding carboxylic acids is 1. The number of hydrogen-bond donors (Lipinski definition) is 1. The summed E-state index contributed by atoms with van der Waals surface area (Å²) in [5.41, 5.74) is 1.31. The molecule has 1 heterocycles. The van der Waals surface area contributed by atoms with Gasteiger partial charge in [0.25, 0.3) is 11.7 Å². The van der Waals surface area contributed by atoms with Crippen molar-refractivity contribution >= 4 is 29.4 Å². The first-order chi connectivity index (χ1) is 13.5. The topological polar surface area (TPSA) is 83.6 Å². The van der Waals surface area contributed by atoms with E-state index in [-0.39, 0.29) is 5.57 Å². The van der Waals surface area contributed by atoms with E-state index in [1.165, 1.54) is 41.3 Å². The van der Waals surface area contributed by atoms with Crippen LogP contribution in [0.15, 0.2) is 71.3 Å². The number of amides is 1. The van der Waals surface area contributed by atoms with Crippen LogP contribution < -0.4 is 5.32 Å². The first-order valence-corrected chi connectivity index (χ1v) is 8.89. The molecule has 0 spiro atoms. The van der Waals surface area contributed by atoms with Gasteiger partial charge in [-0.25, -0.2) is 0 Å². The van der Waals surface area contributed by atoms with Gasteiger partial charge in [-0.2, -0.15) is 23.9 Å². The number of nitrogens with zero attached hydrogens (tertiary/aromatic N) is 4. The molecule has 6 nitrogen and oxygen atoms in total. The number of aromatic nitrogens is 3. The molecule has 0 saturated carbocycles. The molecule has 1 aromatic heterocycles. The van der Waals surface area contributed by atoms with E-state index in [1.54, 1.807) is 0 Å². The highest BCUT2D eigenvalue weighted by molar-refractivity contribution is 7.99. The average molecular weight is 397 g/mol. The first-order valence-electron chi connectivity index (χ1n) is 8.01. The largest absolute Gasteiger partial charge is 0.321 e. The molecule has 3 rings (SSSR count). The molecule has 0 atom stereocenters. The van der Waals surface area contributed by atoms with Gasteiger partial charge in [0, 0.05) is 10.6 Å². The second kappa shape index (κ2) is 8.92. The second-order valence-corrected chi connectivity index (χ2v) is 6.48. The maximum Gasteiger partial charge on any atom is 0.288 e. The highest BCUT2D eigenvalue weighted by atomic mass is 32.2. The van der Waals surface area contributed by atoms with Crippen molar-refractivity contribution in [1.82, 2.24) is 15.0 Å². The van der Waals surface area contributed by atoms with E-state index in [9.17, 15) is 18.8 Å². The molecule has 140 valence electrons. The fourth-order valence-electron chi connectivity index (χ4n) is 2.24. The monoisotopic (exact) mass is 397 g/mol. The summed E-state index contributed by atoms with van der Waals surface area (Å²) < 4.78 is 24.7. The van der Waals surface area contributed by atoms with Crippen LogP contribution in [0, 0.1) is 11.3 Å². The molecule has 3 aromatic rings. The lowest BCUT2D eigenvalue weighted by Gasteiger charge is -2.05.